The van der Waals surface area contributed by atoms with Crippen molar-refractivity contribution in [3.05, 3.63) is 24.3 Å². The van der Waals surface area contributed by atoms with Gasteiger partial charge in [-0.05, 0) is 18.6 Å². The Labute approximate surface area is 101 Å². The summed E-state index contributed by atoms with van der Waals surface area (Å²) in [5, 5.41) is 2.82. The van der Waals surface area contributed by atoms with Gasteiger partial charge in [0.15, 0.2) is 0 Å². The summed E-state index contributed by atoms with van der Waals surface area (Å²) < 4.78 is 5.54. The van der Waals surface area contributed by atoms with Crippen LogP contribution >= 0.6 is 0 Å². The molecule has 1 aliphatic heterocycles. The van der Waals surface area contributed by atoms with E-state index in [9.17, 15) is 4.79 Å². The summed E-state index contributed by atoms with van der Waals surface area (Å²) in [4.78, 5) is 13.5. The minimum Gasteiger partial charge on any atom is -0.490 e. The largest absolute Gasteiger partial charge is 0.490 e. The van der Waals surface area contributed by atoms with Gasteiger partial charge in [0.25, 0.3) is 0 Å². The molecule has 2 amide bonds. The van der Waals surface area contributed by atoms with Gasteiger partial charge in [-0.1, -0.05) is 12.1 Å². The van der Waals surface area contributed by atoms with Crippen LogP contribution in [0.15, 0.2) is 24.3 Å². The summed E-state index contributed by atoms with van der Waals surface area (Å²) in [6.07, 6.45) is 0.941. The molecule has 1 aliphatic rings. The number of nitrogens with two attached hydrogens (primary N) is 1. The van der Waals surface area contributed by atoms with E-state index in [1.807, 2.05) is 24.3 Å². The lowest BCUT2D eigenvalue weighted by Gasteiger charge is -2.28. The molecule has 0 atom stereocenters. The van der Waals surface area contributed by atoms with Crippen molar-refractivity contribution in [3.8, 4) is 5.75 Å². The number of carbonyl (C=O) groups is 1. The van der Waals surface area contributed by atoms with Crippen molar-refractivity contribution in [2.24, 2.45) is 5.73 Å². The van der Waals surface area contributed by atoms with Crippen molar-refractivity contribution >= 4 is 11.7 Å². The van der Waals surface area contributed by atoms with Gasteiger partial charge >= 0.3 is 6.03 Å². The standard InChI is InChI=1S/C12H17N3O2/c13-6-9-17-11-5-2-1-4-10(11)15-8-3-7-14-12(15)16/h1-2,4-5H,3,6-9,13H2,(H,14,16). The zero-order valence-electron chi connectivity index (χ0n) is 9.69. The molecule has 0 aliphatic carbocycles. The predicted octanol–water partition coefficient (Wildman–Crippen LogP) is 0.944. The maximum atomic E-state index is 11.8. The molecule has 5 heteroatoms. The second kappa shape index (κ2) is 5.54. The van der Waals surface area contributed by atoms with E-state index in [2.05, 4.69) is 5.32 Å². The van der Waals surface area contributed by atoms with Crippen LogP contribution < -0.4 is 20.7 Å². The summed E-state index contributed by atoms with van der Waals surface area (Å²) in [6, 6.07) is 7.45. The van der Waals surface area contributed by atoms with Crippen LogP contribution in [0, 0.1) is 0 Å². The molecule has 1 aromatic carbocycles. The lowest BCUT2D eigenvalue weighted by Crippen LogP contribution is -2.46. The Morgan fingerprint density at radius 3 is 3.00 bits per heavy atom. The van der Waals surface area contributed by atoms with E-state index in [1.165, 1.54) is 0 Å². The Morgan fingerprint density at radius 1 is 1.41 bits per heavy atom. The number of anilines is 1. The van der Waals surface area contributed by atoms with Crippen molar-refractivity contribution in [2.45, 2.75) is 6.42 Å². The van der Waals surface area contributed by atoms with Crippen molar-refractivity contribution in [3.63, 3.8) is 0 Å². The summed E-state index contributed by atoms with van der Waals surface area (Å²) in [5.41, 5.74) is 6.22. The van der Waals surface area contributed by atoms with Crippen LogP contribution in [-0.4, -0.2) is 32.3 Å². The highest BCUT2D eigenvalue weighted by Gasteiger charge is 2.21. The molecular formula is C12H17N3O2. The van der Waals surface area contributed by atoms with Gasteiger partial charge in [0.1, 0.15) is 12.4 Å². The Bertz CT molecular complexity index is 395. The number of urea groups is 1. The minimum absolute atomic E-state index is 0.0694. The molecule has 0 aromatic heterocycles. The van der Waals surface area contributed by atoms with Crippen LogP contribution in [0.5, 0.6) is 5.75 Å². The number of nitrogens with zero attached hydrogens (tertiary/aromatic N) is 1. The molecule has 2 rings (SSSR count). The Kier molecular flexibility index (Phi) is 3.82. The molecule has 0 saturated carbocycles. The summed E-state index contributed by atoms with van der Waals surface area (Å²) >= 11 is 0. The number of amides is 2. The molecule has 1 heterocycles. The van der Waals surface area contributed by atoms with Gasteiger partial charge in [-0.3, -0.25) is 4.90 Å². The maximum Gasteiger partial charge on any atom is 0.321 e. The second-order valence-electron chi connectivity index (χ2n) is 3.84. The van der Waals surface area contributed by atoms with Gasteiger partial charge in [0, 0.05) is 19.6 Å². The van der Waals surface area contributed by atoms with Crippen LogP contribution in [0.2, 0.25) is 0 Å². The van der Waals surface area contributed by atoms with E-state index in [0.29, 0.717) is 18.9 Å². The van der Waals surface area contributed by atoms with E-state index in [0.717, 1.165) is 25.2 Å². The number of carbonyl (C=O) groups excluding carboxylic acids is 1. The van der Waals surface area contributed by atoms with Crippen LogP contribution in [0.25, 0.3) is 0 Å². The van der Waals surface area contributed by atoms with Crippen LogP contribution in [-0.2, 0) is 0 Å². The third kappa shape index (κ3) is 2.68. The van der Waals surface area contributed by atoms with Crippen molar-refractivity contribution in [1.29, 1.82) is 0 Å². The first kappa shape index (κ1) is 11.7. The Hall–Kier alpha value is -1.75. The third-order valence-corrected chi connectivity index (χ3v) is 2.61. The first-order valence-electron chi connectivity index (χ1n) is 5.80. The van der Waals surface area contributed by atoms with Crippen LogP contribution in [0.3, 0.4) is 0 Å². The maximum absolute atomic E-state index is 11.8. The molecule has 17 heavy (non-hydrogen) atoms. The molecule has 1 saturated heterocycles. The van der Waals surface area contributed by atoms with Gasteiger partial charge in [0.05, 0.1) is 5.69 Å². The monoisotopic (exact) mass is 235 g/mol. The second-order valence-corrected chi connectivity index (χ2v) is 3.84. The third-order valence-electron chi connectivity index (χ3n) is 2.61. The Morgan fingerprint density at radius 2 is 2.24 bits per heavy atom. The number of nitrogens with one attached hydrogen (secondary N) is 1. The summed E-state index contributed by atoms with van der Waals surface area (Å²) in [5.74, 6) is 0.704. The number of ether oxygens (including phenoxy) is 1. The van der Waals surface area contributed by atoms with Crippen LogP contribution in [0.1, 0.15) is 6.42 Å². The highest BCUT2D eigenvalue weighted by Crippen LogP contribution is 2.28. The summed E-state index contributed by atoms with van der Waals surface area (Å²) in [7, 11) is 0. The Balaban J connectivity index is 2.20. The van der Waals surface area contributed by atoms with E-state index in [1.54, 1.807) is 4.90 Å². The highest BCUT2D eigenvalue weighted by atomic mass is 16.5. The summed E-state index contributed by atoms with van der Waals surface area (Å²) in [6.45, 7) is 2.36. The molecule has 0 radical (unpaired) electrons. The molecule has 3 N–H and O–H groups in total. The number of hydrogen-bond donors (Lipinski definition) is 2. The number of para-hydroxylation sites is 2. The highest BCUT2D eigenvalue weighted by molar-refractivity contribution is 5.94. The fourth-order valence-corrected chi connectivity index (χ4v) is 1.83. The molecule has 0 bridgehead atoms. The quantitative estimate of drug-likeness (QED) is 0.816. The van der Waals surface area contributed by atoms with Crippen LogP contribution in [0.4, 0.5) is 10.5 Å². The number of rotatable bonds is 4. The van der Waals surface area contributed by atoms with E-state index in [-0.39, 0.29) is 6.03 Å². The molecule has 0 unspecified atom stereocenters. The SMILES string of the molecule is NCCOc1ccccc1N1CCCNC1=O. The first-order chi connectivity index (χ1) is 8.33. The molecule has 1 fully saturated rings. The van der Waals surface area contributed by atoms with Crippen molar-refractivity contribution < 1.29 is 9.53 Å². The lowest BCUT2D eigenvalue weighted by atomic mass is 10.2. The zero-order valence-corrected chi connectivity index (χ0v) is 9.69. The predicted molar refractivity (Wildman–Crippen MR) is 66.4 cm³/mol. The first-order valence-corrected chi connectivity index (χ1v) is 5.80. The fraction of sp³-hybridized carbons (Fsp3) is 0.417. The van der Waals surface area contributed by atoms with Gasteiger partial charge in [-0.25, -0.2) is 4.79 Å². The van der Waals surface area contributed by atoms with Gasteiger partial charge in [-0.2, -0.15) is 0 Å². The number of benzene rings is 1. The van der Waals surface area contributed by atoms with Crippen molar-refractivity contribution in [2.75, 3.05) is 31.1 Å². The molecule has 0 spiro atoms. The van der Waals surface area contributed by atoms with Gasteiger partial charge < -0.3 is 15.8 Å². The molecule has 1 aromatic rings. The fourth-order valence-electron chi connectivity index (χ4n) is 1.83. The average Bonchev–Trinajstić information content (AvgIpc) is 2.37. The lowest BCUT2D eigenvalue weighted by molar-refractivity contribution is 0.242. The van der Waals surface area contributed by atoms with Crippen molar-refractivity contribution in [1.82, 2.24) is 5.32 Å². The van der Waals surface area contributed by atoms with E-state index < -0.39 is 0 Å². The normalized spacial score (nSPS) is 15.6. The number of hydrogen-bond acceptors (Lipinski definition) is 3. The molecule has 5 nitrogen and oxygen atoms in total. The average molecular weight is 235 g/mol. The van der Waals surface area contributed by atoms with E-state index >= 15 is 0 Å². The van der Waals surface area contributed by atoms with Gasteiger partial charge in [-0.15, -0.1) is 0 Å². The smallest absolute Gasteiger partial charge is 0.321 e. The van der Waals surface area contributed by atoms with Gasteiger partial charge in [0.2, 0.25) is 0 Å². The van der Waals surface area contributed by atoms with E-state index in [4.69, 9.17) is 10.5 Å². The molecular weight excluding hydrogens is 218 g/mol. The topological polar surface area (TPSA) is 67.6 Å². The zero-order chi connectivity index (χ0) is 12.1. The minimum atomic E-state index is -0.0694. The molecule has 92 valence electrons.